The van der Waals surface area contributed by atoms with Crippen LogP contribution >= 0.6 is 11.8 Å². The monoisotopic (exact) mass is 339 g/mol. The van der Waals surface area contributed by atoms with Crippen LogP contribution in [0.25, 0.3) is 0 Å². The molecule has 0 unspecified atom stereocenters. The first-order valence-corrected chi connectivity index (χ1v) is 9.00. The second-order valence-electron chi connectivity index (χ2n) is 6.57. The van der Waals surface area contributed by atoms with E-state index < -0.39 is 0 Å². The Bertz CT molecular complexity index is 524. The Morgan fingerprint density at radius 2 is 1.96 bits per heavy atom. The van der Waals surface area contributed by atoms with Gasteiger partial charge in [0.2, 0.25) is 5.91 Å². The maximum absolute atomic E-state index is 12.2. The minimum absolute atomic E-state index is 0.00354. The molecule has 4 nitrogen and oxygen atoms in total. The lowest BCUT2D eigenvalue weighted by atomic mass is 9.85. The van der Waals surface area contributed by atoms with Crippen molar-refractivity contribution in [3.05, 3.63) is 23.3 Å². The average Bonchev–Trinajstić information content (AvgIpc) is 2.45. The fraction of sp³-hybridized carbons (Fsp3) is 0.611. The summed E-state index contributed by atoms with van der Waals surface area (Å²) in [4.78, 5) is 12.2. The van der Waals surface area contributed by atoms with Crippen LogP contribution in [-0.4, -0.2) is 38.2 Å². The summed E-state index contributed by atoms with van der Waals surface area (Å²) in [7, 11) is 3.32. The predicted octanol–water partition coefficient (Wildman–Crippen LogP) is 4.01. The van der Waals surface area contributed by atoms with Gasteiger partial charge in [-0.05, 0) is 41.7 Å². The number of aryl methyl sites for hydroxylation is 1. The van der Waals surface area contributed by atoms with E-state index in [1.807, 2.05) is 13.0 Å². The van der Waals surface area contributed by atoms with Crippen molar-refractivity contribution < 1.29 is 14.3 Å². The van der Waals surface area contributed by atoms with Crippen LogP contribution in [0.1, 0.15) is 38.3 Å². The molecule has 1 rings (SSSR count). The molecule has 0 saturated carbocycles. The van der Waals surface area contributed by atoms with Crippen molar-refractivity contribution in [2.75, 3.05) is 37.6 Å². The van der Waals surface area contributed by atoms with Gasteiger partial charge in [0.1, 0.15) is 5.75 Å². The number of benzene rings is 1. The van der Waals surface area contributed by atoms with Crippen LogP contribution in [0.5, 0.6) is 5.75 Å². The number of amides is 1. The first-order valence-electron chi connectivity index (χ1n) is 7.85. The molecule has 0 aliphatic heterocycles. The summed E-state index contributed by atoms with van der Waals surface area (Å²) in [5, 5.41) is 2.99. The molecule has 23 heavy (non-hydrogen) atoms. The molecular weight excluding hydrogens is 310 g/mol. The minimum Gasteiger partial charge on any atom is -0.494 e. The van der Waals surface area contributed by atoms with Crippen LogP contribution in [0.3, 0.4) is 0 Å². The normalized spacial score (nSPS) is 11.4. The summed E-state index contributed by atoms with van der Waals surface area (Å²) in [5.74, 6) is 2.08. The molecule has 0 spiro atoms. The fourth-order valence-electron chi connectivity index (χ4n) is 2.23. The summed E-state index contributed by atoms with van der Waals surface area (Å²) in [6, 6.07) is 4.13. The van der Waals surface area contributed by atoms with E-state index in [2.05, 4.69) is 32.2 Å². The predicted molar refractivity (Wildman–Crippen MR) is 98.9 cm³/mol. The van der Waals surface area contributed by atoms with Gasteiger partial charge in [-0.25, -0.2) is 0 Å². The van der Waals surface area contributed by atoms with Crippen molar-refractivity contribution in [1.29, 1.82) is 0 Å². The number of hydrogen-bond donors (Lipinski definition) is 1. The first kappa shape index (κ1) is 19.8. The van der Waals surface area contributed by atoms with Crippen LogP contribution in [0, 0.1) is 6.92 Å². The zero-order chi connectivity index (χ0) is 17.5. The lowest BCUT2D eigenvalue weighted by molar-refractivity contribution is -0.113. The quantitative estimate of drug-likeness (QED) is 0.727. The van der Waals surface area contributed by atoms with Gasteiger partial charge in [-0.1, -0.05) is 26.8 Å². The van der Waals surface area contributed by atoms with Gasteiger partial charge in [0.25, 0.3) is 0 Å². The molecule has 0 bridgehead atoms. The second-order valence-corrected chi connectivity index (χ2v) is 7.68. The molecule has 0 aromatic heterocycles. The molecule has 0 saturated heterocycles. The highest BCUT2D eigenvalue weighted by Crippen LogP contribution is 2.34. The van der Waals surface area contributed by atoms with Crippen LogP contribution in [0.2, 0.25) is 0 Å². The molecule has 0 atom stereocenters. The standard InChI is InChI=1S/C18H29NO3S/c1-13-10-14(18(2,3)4)11-15(17(13)22-6)19-16(20)12-23-9-7-8-21-5/h10-11H,7-9,12H2,1-6H3,(H,19,20). The van der Waals surface area contributed by atoms with Crippen LogP contribution in [0.15, 0.2) is 12.1 Å². The van der Waals surface area contributed by atoms with Crippen LogP contribution in [0.4, 0.5) is 5.69 Å². The molecule has 0 radical (unpaired) electrons. The lowest BCUT2D eigenvalue weighted by Gasteiger charge is -2.23. The smallest absolute Gasteiger partial charge is 0.234 e. The third-order valence-corrected chi connectivity index (χ3v) is 4.53. The third kappa shape index (κ3) is 6.43. The Morgan fingerprint density at radius 1 is 1.26 bits per heavy atom. The molecule has 0 aliphatic rings. The van der Waals surface area contributed by atoms with Gasteiger partial charge < -0.3 is 14.8 Å². The minimum atomic E-state index is -0.00354. The highest BCUT2D eigenvalue weighted by Gasteiger charge is 2.19. The van der Waals surface area contributed by atoms with Crippen molar-refractivity contribution in [2.24, 2.45) is 0 Å². The van der Waals surface area contributed by atoms with Gasteiger partial charge in [0, 0.05) is 13.7 Å². The molecule has 5 heteroatoms. The van der Waals surface area contributed by atoms with E-state index in [4.69, 9.17) is 9.47 Å². The number of nitrogens with one attached hydrogen (secondary N) is 1. The van der Waals surface area contributed by atoms with Crippen molar-refractivity contribution in [2.45, 2.75) is 39.5 Å². The van der Waals surface area contributed by atoms with Crippen molar-refractivity contribution >= 4 is 23.4 Å². The molecule has 0 heterocycles. The van der Waals surface area contributed by atoms with E-state index >= 15 is 0 Å². The number of ether oxygens (including phenoxy) is 2. The van der Waals surface area contributed by atoms with Crippen LogP contribution in [-0.2, 0) is 14.9 Å². The topological polar surface area (TPSA) is 47.6 Å². The summed E-state index contributed by atoms with van der Waals surface area (Å²) < 4.78 is 10.5. The highest BCUT2D eigenvalue weighted by atomic mass is 32.2. The first-order chi connectivity index (χ1) is 10.8. The van der Waals surface area contributed by atoms with Gasteiger partial charge in [-0.3, -0.25) is 4.79 Å². The maximum Gasteiger partial charge on any atom is 0.234 e. The summed E-state index contributed by atoms with van der Waals surface area (Å²) in [6.45, 7) is 9.21. The number of carbonyl (C=O) groups excluding carboxylic acids is 1. The largest absolute Gasteiger partial charge is 0.494 e. The summed E-state index contributed by atoms with van der Waals surface area (Å²) >= 11 is 1.62. The molecule has 130 valence electrons. The zero-order valence-corrected chi connectivity index (χ0v) is 15.9. The van der Waals surface area contributed by atoms with E-state index in [1.165, 1.54) is 5.56 Å². The Kier molecular flexibility index (Phi) is 7.92. The molecular formula is C18H29NO3S. The van der Waals surface area contributed by atoms with E-state index in [0.29, 0.717) is 5.75 Å². The number of methoxy groups -OCH3 is 2. The van der Waals surface area contributed by atoms with Gasteiger partial charge in [0.05, 0.1) is 18.6 Å². The molecule has 0 fully saturated rings. The highest BCUT2D eigenvalue weighted by molar-refractivity contribution is 7.99. The van der Waals surface area contributed by atoms with Gasteiger partial charge >= 0.3 is 0 Å². The second kappa shape index (κ2) is 9.18. The number of hydrogen-bond acceptors (Lipinski definition) is 4. The molecule has 1 aromatic carbocycles. The Balaban J connectivity index is 2.77. The van der Waals surface area contributed by atoms with Crippen molar-refractivity contribution in [3.63, 3.8) is 0 Å². The average molecular weight is 340 g/mol. The van der Waals surface area contributed by atoms with E-state index in [0.717, 1.165) is 35.8 Å². The summed E-state index contributed by atoms with van der Waals surface area (Å²) in [5.41, 5.74) is 2.98. The zero-order valence-electron chi connectivity index (χ0n) is 15.1. The number of anilines is 1. The third-order valence-electron chi connectivity index (χ3n) is 3.49. The molecule has 1 aromatic rings. The number of thioether (sulfide) groups is 1. The molecule has 1 amide bonds. The SMILES string of the molecule is COCCCSCC(=O)Nc1cc(C(C)(C)C)cc(C)c1OC. The van der Waals surface area contributed by atoms with Gasteiger partial charge in [-0.15, -0.1) is 0 Å². The van der Waals surface area contributed by atoms with Gasteiger partial charge in [0.15, 0.2) is 0 Å². The number of carbonyl (C=O) groups is 1. The fourth-order valence-corrected chi connectivity index (χ4v) is 2.95. The van der Waals surface area contributed by atoms with E-state index in [-0.39, 0.29) is 11.3 Å². The van der Waals surface area contributed by atoms with Crippen molar-refractivity contribution in [3.8, 4) is 5.75 Å². The number of rotatable bonds is 8. The van der Waals surface area contributed by atoms with Crippen LogP contribution < -0.4 is 10.1 Å². The molecule has 0 aliphatic carbocycles. The molecule has 1 N–H and O–H groups in total. The lowest BCUT2D eigenvalue weighted by Crippen LogP contribution is -2.17. The van der Waals surface area contributed by atoms with E-state index in [9.17, 15) is 4.79 Å². The Morgan fingerprint density at radius 3 is 2.52 bits per heavy atom. The Labute approximate surface area is 144 Å². The maximum atomic E-state index is 12.2. The van der Waals surface area contributed by atoms with Crippen molar-refractivity contribution in [1.82, 2.24) is 0 Å². The van der Waals surface area contributed by atoms with E-state index in [1.54, 1.807) is 26.0 Å². The van der Waals surface area contributed by atoms with Gasteiger partial charge in [-0.2, -0.15) is 11.8 Å². The summed E-state index contributed by atoms with van der Waals surface area (Å²) in [6.07, 6.45) is 0.955. The Hall–Kier alpha value is -1.20.